The zero-order valence-electron chi connectivity index (χ0n) is 20.1. The lowest BCUT2D eigenvalue weighted by Gasteiger charge is -2.22. The number of hydrogen-bond donors (Lipinski definition) is 1. The van der Waals surface area contributed by atoms with Gasteiger partial charge in [0.1, 0.15) is 4.88 Å². The number of amides is 1. The maximum absolute atomic E-state index is 13.5. The minimum atomic E-state index is -3.94. The number of fused-ring (bicyclic) bond motifs is 1. The fourth-order valence-corrected chi connectivity index (χ4v) is 6.13. The van der Waals surface area contributed by atoms with Gasteiger partial charge in [-0.25, -0.2) is 13.2 Å². The van der Waals surface area contributed by atoms with Crippen LogP contribution >= 0.6 is 11.3 Å². The molecule has 0 atom stereocenters. The molecule has 1 amide bonds. The van der Waals surface area contributed by atoms with Gasteiger partial charge in [-0.2, -0.15) is 4.31 Å². The van der Waals surface area contributed by atoms with Crippen molar-refractivity contribution in [1.29, 1.82) is 0 Å². The third-order valence-electron chi connectivity index (χ3n) is 5.61. The maximum atomic E-state index is 13.5. The van der Waals surface area contributed by atoms with Crippen molar-refractivity contribution in [3.8, 4) is 0 Å². The third kappa shape index (κ3) is 5.81. The molecule has 0 saturated heterocycles. The topological polar surface area (TPSA) is 92.8 Å². The molecule has 0 aliphatic heterocycles. The van der Waals surface area contributed by atoms with Gasteiger partial charge < -0.3 is 10.1 Å². The molecule has 0 spiro atoms. The van der Waals surface area contributed by atoms with E-state index < -0.39 is 21.9 Å². The number of aryl methyl sites for hydroxylation is 2. The molecule has 7 nitrogen and oxygen atoms in total. The van der Waals surface area contributed by atoms with E-state index in [9.17, 15) is 18.0 Å². The zero-order valence-corrected chi connectivity index (χ0v) is 21.8. The number of hydrogen-bond acceptors (Lipinski definition) is 6. The van der Waals surface area contributed by atoms with Gasteiger partial charge >= 0.3 is 5.97 Å². The number of carbonyl (C=O) groups excluding carboxylic acids is 2. The predicted molar refractivity (Wildman–Crippen MR) is 142 cm³/mol. The number of nitrogens with zero attached hydrogens (tertiary/aromatic N) is 1. The molecular formula is C27H26N2O5S2. The van der Waals surface area contributed by atoms with Gasteiger partial charge in [-0.3, -0.25) is 4.79 Å². The van der Waals surface area contributed by atoms with Crippen molar-refractivity contribution in [3.63, 3.8) is 0 Å². The maximum Gasteiger partial charge on any atom is 0.348 e. The van der Waals surface area contributed by atoms with E-state index in [1.165, 1.54) is 22.8 Å². The summed E-state index contributed by atoms with van der Waals surface area (Å²) in [5.41, 5.74) is 3.23. The number of thiophene rings is 1. The van der Waals surface area contributed by atoms with Gasteiger partial charge in [0.25, 0.3) is 0 Å². The Labute approximate surface area is 214 Å². The molecule has 1 N–H and O–H groups in total. The molecule has 4 rings (SSSR count). The van der Waals surface area contributed by atoms with E-state index in [1.807, 2.05) is 38.1 Å². The van der Waals surface area contributed by atoms with Gasteiger partial charge in [-0.1, -0.05) is 47.5 Å². The Morgan fingerprint density at radius 2 is 1.69 bits per heavy atom. The number of sulfonamides is 1. The van der Waals surface area contributed by atoms with Crippen LogP contribution in [0.25, 0.3) is 10.1 Å². The summed E-state index contributed by atoms with van der Waals surface area (Å²) in [7, 11) is -2.61. The Balaban J connectivity index is 1.58. The molecule has 0 fully saturated rings. The first-order chi connectivity index (χ1) is 17.2. The molecule has 0 saturated carbocycles. The number of anilines is 1. The van der Waals surface area contributed by atoms with E-state index in [4.69, 9.17) is 4.74 Å². The van der Waals surface area contributed by atoms with Crippen LogP contribution in [-0.2, 0) is 26.1 Å². The smallest absolute Gasteiger partial charge is 0.348 e. The van der Waals surface area contributed by atoms with Crippen LogP contribution in [0.5, 0.6) is 0 Å². The van der Waals surface area contributed by atoms with Crippen molar-refractivity contribution in [2.75, 3.05) is 19.0 Å². The quantitative estimate of drug-likeness (QED) is 0.324. The second kappa shape index (κ2) is 10.6. The molecule has 1 heterocycles. The van der Waals surface area contributed by atoms with Gasteiger partial charge in [0, 0.05) is 16.9 Å². The van der Waals surface area contributed by atoms with E-state index in [-0.39, 0.29) is 18.0 Å². The highest BCUT2D eigenvalue weighted by atomic mass is 32.2. The van der Waals surface area contributed by atoms with Crippen LogP contribution in [0.1, 0.15) is 26.4 Å². The number of ether oxygens (including phenoxy) is 1. The van der Waals surface area contributed by atoms with Crippen molar-refractivity contribution in [2.45, 2.75) is 25.3 Å². The average Bonchev–Trinajstić information content (AvgIpc) is 3.27. The number of rotatable bonds is 8. The number of esters is 1. The van der Waals surface area contributed by atoms with Crippen molar-refractivity contribution in [1.82, 2.24) is 4.31 Å². The molecule has 1 aromatic heterocycles. The van der Waals surface area contributed by atoms with Gasteiger partial charge in [-0.05, 0) is 61.2 Å². The van der Waals surface area contributed by atoms with Gasteiger partial charge in [0.2, 0.25) is 15.9 Å². The van der Waals surface area contributed by atoms with E-state index in [0.29, 0.717) is 10.6 Å². The van der Waals surface area contributed by atoms with Crippen molar-refractivity contribution in [3.05, 3.63) is 94.4 Å². The summed E-state index contributed by atoms with van der Waals surface area (Å²) in [5, 5.41) is 3.57. The fraction of sp³-hybridized carbons (Fsp3) is 0.185. The molecule has 9 heteroatoms. The molecule has 0 bridgehead atoms. The van der Waals surface area contributed by atoms with E-state index in [1.54, 1.807) is 48.5 Å². The Morgan fingerprint density at radius 1 is 0.944 bits per heavy atom. The highest BCUT2D eigenvalue weighted by Crippen LogP contribution is 2.29. The summed E-state index contributed by atoms with van der Waals surface area (Å²) in [6.07, 6.45) is 0. The Bertz CT molecular complexity index is 1530. The van der Waals surface area contributed by atoms with E-state index in [0.717, 1.165) is 26.8 Å². The van der Waals surface area contributed by atoms with Crippen LogP contribution in [0.2, 0.25) is 0 Å². The zero-order chi connectivity index (χ0) is 25.9. The number of carbonyl (C=O) groups is 2. The molecule has 0 aliphatic rings. The van der Waals surface area contributed by atoms with Crippen LogP contribution < -0.4 is 5.32 Å². The lowest BCUT2D eigenvalue weighted by molar-refractivity contribution is -0.116. The number of methoxy groups -OCH3 is 1. The SMILES string of the molecule is COC(=O)c1cc2cc(NC(=O)CN(Cc3cccc(C)c3)S(=O)(=O)c3ccc(C)cc3)ccc2s1. The fourth-order valence-electron chi connectivity index (χ4n) is 3.78. The lowest BCUT2D eigenvalue weighted by Crippen LogP contribution is -2.37. The Hall–Kier alpha value is -3.53. The van der Waals surface area contributed by atoms with Crippen molar-refractivity contribution in [2.24, 2.45) is 0 Å². The number of benzene rings is 3. The minimum absolute atomic E-state index is 0.0529. The third-order valence-corrected chi connectivity index (χ3v) is 8.51. The molecule has 36 heavy (non-hydrogen) atoms. The Kier molecular flexibility index (Phi) is 7.53. The van der Waals surface area contributed by atoms with Crippen molar-refractivity contribution >= 4 is 49.0 Å². The highest BCUT2D eigenvalue weighted by molar-refractivity contribution is 7.89. The summed E-state index contributed by atoms with van der Waals surface area (Å²) < 4.78 is 33.8. The van der Waals surface area contributed by atoms with Crippen LogP contribution in [0, 0.1) is 13.8 Å². The van der Waals surface area contributed by atoms with Crippen molar-refractivity contribution < 1.29 is 22.7 Å². The van der Waals surface area contributed by atoms with Crippen LogP contribution in [-0.4, -0.2) is 38.3 Å². The first-order valence-electron chi connectivity index (χ1n) is 11.2. The highest BCUT2D eigenvalue weighted by Gasteiger charge is 2.27. The van der Waals surface area contributed by atoms with Crippen LogP contribution in [0.4, 0.5) is 5.69 Å². The van der Waals surface area contributed by atoms with Gasteiger partial charge in [0.15, 0.2) is 0 Å². The lowest BCUT2D eigenvalue weighted by atomic mass is 10.1. The molecule has 0 radical (unpaired) electrons. The molecular weight excluding hydrogens is 496 g/mol. The van der Waals surface area contributed by atoms with Crippen LogP contribution in [0.3, 0.4) is 0 Å². The Morgan fingerprint density at radius 3 is 2.39 bits per heavy atom. The average molecular weight is 523 g/mol. The first kappa shape index (κ1) is 25.6. The summed E-state index contributed by atoms with van der Waals surface area (Å²) in [6.45, 7) is 3.50. The summed E-state index contributed by atoms with van der Waals surface area (Å²) in [4.78, 5) is 25.4. The van der Waals surface area contributed by atoms with Gasteiger partial charge in [-0.15, -0.1) is 11.3 Å². The predicted octanol–water partition coefficient (Wildman–Crippen LogP) is 5.13. The standard InChI is InChI=1S/C27H26N2O5S2/c1-18-7-10-23(11-8-18)36(32,33)29(16-20-6-4-5-19(2)13-20)17-26(30)28-22-9-12-24-21(14-22)15-25(35-24)27(31)34-3/h4-15H,16-17H2,1-3H3,(H,28,30). The monoisotopic (exact) mass is 522 g/mol. The summed E-state index contributed by atoms with van der Waals surface area (Å²) in [6, 6.07) is 21.1. The van der Waals surface area contributed by atoms with E-state index >= 15 is 0 Å². The van der Waals surface area contributed by atoms with E-state index in [2.05, 4.69) is 5.32 Å². The second-order valence-electron chi connectivity index (χ2n) is 8.48. The number of nitrogens with one attached hydrogen (secondary N) is 1. The molecule has 4 aromatic rings. The summed E-state index contributed by atoms with van der Waals surface area (Å²) >= 11 is 1.30. The molecule has 3 aromatic carbocycles. The normalized spacial score (nSPS) is 11.6. The molecule has 0 aliphatic carbocycles. The molecule has 0 unspecified atom stereocenters. The van der Waals surface area contributed by atoms with Gasteiger partial charge in [0.05, 0.1) is 18.6 Å². The minimum Gasteiger partial charge on any atom is -0.465 e. The first-order valence-corrected chi connectivity index (χ1v) is 13.5. The van der Waals surface area contributed by atoms with Crippen LogP contribution in [0.15, 0.2) is 77.7 Å². The second-order valence-corrected chi connectivity index (χ2v) is 11.5. The largest absolute Gasteiger partial charge is 0.465 e. The summed E-state index contributed by atoms with van der Waals surface area (Å²) in [5.74, 6) is -0.893. The molecule has 186 valence electrons.